The van der Waals surface area contributed by atoms with Crippen molar-refractivity contribution in [1.82, 2.24) is 93.7 Å². The number of nitrogens with zero attached hydrogens (tertiary/aromatic N) is 23. The Balaban J connectivity index is 0.000000122. The van der Waals surface area contributed by atoms with Crippen LogP contribution in [0.25, 0.3) is 42.5 Å². The van der Waals surface area contributed by atoms with Crippen molar-refractivity contribution >= 4 is 52.1 Å². The molecule has 20 rings (SSSR count). The number of carbonyl (C=O) groups excluding carboxylic acids is 4. The van der Waals surface area contributed by atoms with Gasteiger partial charge in [-0.25, -0.2) is 53.4 Å². The molecule has 4 amide bonds. The Kier molecular flexibility index (Phi) is 28.2. The topological polar surface area (TPSA) is 257 Å². The van der Waals surface area contributed by atoms with Crippen molar-refractivity contribution < 1.29 is 33.4 Å². The fraction of sp³-hybridized carbons (Fsp3) is 0.380. The van der Waals surface area contributed by atoms with Crippen LogP contribution in [0.2, 0.25) is 0 Å². The van der Waals surface area contributed by atoms with Crippen molar-refractivity contribution in [1.29, 1.82) is 0 Å². The van der Waals surface area contributed by atoms with Gasteiger partial charge in [0.05, 0.1) is 95.5 Å². The van der Waals surface area contributed by atoms with E-state index in [0.717, 1.165) is 241 Å². The van der Waals surface area contributed by atoms with E-state index in [4.69, 9.17) is 40.5 Å². The van der Waals surface area contributed by atoms with E-state index >= 15 is 0 Å². The number of rotatable bonds is 19. The third-order valence-electron chi connectivity index (χ3n) is 26.6. The second kappa shape index (κ2) is 41.5. The molecule has 5 aromatic heterocycles. The summed E-state index contributed by atoms with van der Waals surface area (Å²) in [6.45, 7) is 53.9. The van der Waals surface area contributed by atoms with Crippen LogP contribution < -0.4 is 0 Å². The lowest BCUT2D eigenvalue weighted by Gasteiger charge is -2.38. The first kappa shape index (κ1) is 88.2. The number of amides is 4. The van der Waals surface area contributed by atoms with Crippen LogP contribution in [-0.2, 0) is 91.4 Å². The molecule has 2 aliphatic carbocycles. The van der Waals surface area contributed by atoms with Crippen molar-refractivity contribution in [2.75, 3.05) is 144 Å². The van der Waals surface area contributed by atoms with Gasteiger partial charge in [0.25, 0.3) is 0 Å². The van der Waals surface area contributed by atoms with Crippen molar-refractivity contribution in [3.8, 4) is 17.3 Å². The molecule has 4 fully saturated rings. The lowest BCUT2D eigenvalue weighted by molar-refractivity contribution is -0.133. The molecule has 0 saturated carbocycles. The quantitative estimate of drug-likeness (QED) is 0.0681. The molecule has 0 bridgehead atoms. The first-order valence-corrected chi connectivity index (χ1v) is 44.9. The summed E-state index contributed by atoms with van der Waals surface area (Å²) in [6.07, 6.45) is 20.4. The minimum absolute atomic E-state index is 0.0210. The number of ether oxygens (including phenoxy) is 3. The van der Waals surface area contributed by atoms with Gasteiger partial charge in [-0.3, -0.25) is 38.8 Å². The Morgan fingerprint density at radius 1 is 0.438 bits per heavy atom. The van der Waals surface area contributed by atoms with Gasteiger partial charge in [-0.1, -0.05) is 132 Å². The number of piperazine rings is 4. The van der Waals surface area contributed by atoms with Gasteiger partial charge in [0.15, 0.2) is 34.4 Å². The molecule has 4 unspecified atom stereocenters. The second-order valence-corrected chi connectivity index (χ2v) is 34.3. The van der Waals surface area contributed by atoms with Crippen LogP contribution in [0.15, 0.2) is 190 Å². The first-order valence-electron chi connectivity index (χ1n) is 44.9. The fourth-order valence-electron chi connectivity index (χ4n) is 19.3. The number of hydrogen-bond donors (Lipinski definition) is 0. The Morgan fingerprint density at radius 2 is 0.862 bits per heavy atom. The summed E-state index contributed by atoms with van der Waals surface area (Å²) in [6, 6.07) is 43.7. The minimum Gasteiger partial charge on any atom is -0.489 e. The number of carbonyl (C=O) groups is 4. The highest BCUT2D eigenvalue weighted by atomic mass is 16.5. The largest absolute Gasteiger partial charge is 0.489 e. The molecule has 11 aromatic rings. The van der Waals surface area contributed by atoms with Crippen LogP contribution in [-0.4, -0.2) is 261 Å². The molecule has 0 spiro atoms. The predicted molar refractivity (Wildman–Crippen MR) is 489 cm³/mol. The van der Waals surface area contributed by atoms with Crippen molar-refractivity contribution in [2.45, 2.75) is 102 Å². The first-order chi connectivity index (χ1) is 63.7. The maximum Gasteiger partial charge on any atom is 0.227 e. The summed E-state index contributed by atoms with van der Waals surface area (Å²) in [5.41, 5.74) is 21.1. The van der Waals surface area contributed by atoms with Crippen LogP contribution in [0, 0.1) is 33.2 Å². The average Bonchev–Trinajstić information content (AvgIpc) is 1.78. The zero-order valence-corrected chi connectivity index (χ0v) is 73.3. The fourth-order valence-corrected chi connectivity index (χ4v) is 19.3. The van der Waals surface area contributed by atoms with Gasteiger partial charge in [0.2, 0.25) is 23.6 Å². The Bertz CT molecular complexity index is 6010. The van der Waals surface area contributed by atoms with Crippen LogP contribution in [0.5, 0.6) is 0 Å². The van der Waals surface area contributed by atoms with Gasteiger partial charge >= 0.3 is 0 Å². The van der Waals surface area contributed by atoms with E-state index in [1.807, 2.05) is 130 Å². The SMILES string of the molecule is [C-]#[N+]c1ccc2c(c1C)CCOC2CN1CCN(C(=O)Cc2ccc(-n3ccnn3)cc2)CC1.[C-]#[N+]c1cccc2c1CCC2CN1CCN(C(=O)Cc2ccc(-n3cncn3)nc2)CC1.[C-]#[N+]c1cccc2c1CCC2CN1CCN(C(=O)Cc2ccc3c(c2)COC3=C)CC1.[C-]#[N+]c1cccc2c1CCOC2CN1CCN(C(=O)Cc2ccc(-n3cncn3)nc2)CC1. The summed E-state index contributed by atoms with van der Waals surface area (Å²) in [4.78, 5) is 100. The number of fused-ring (bicyclic) bond motifs is 5. The molecule has 0 N–H and O–H groups in total. The molecule has 4 atom stereocenters. The van der Waals surface area contributed by atoms with Gasteiger partial charge in [-0.2, -0.15) is 10.2 Å². The van der Waals surface area contributed by atoms with Crippen molar-refractivity contribution in [2.24, 2.45) is 0 Å². The Morgan fingerprint density at radius 3 is 1.30 bits per heavy atom. The van der Waals surface area contributed by atoms with Crippen LogP contribution in [0.1, 0.15) is 120 Å². The zero-order chi connectivity index (χ0) is 89.4. The highest BCUT2D eigenvalue weighted by Crippen LogP contribution is 2.42. The third-order valence-corrected chi connectivity index (χ3v) is 26.6. The van der Waals surface area contributed by atoms with Gasteiger partial charge in [0.1, 0.15) is 37.7 Å². The molecular formula is C100H105N23O7. The summed E-state index contributed by atoms with van der Waals surface area (Å²) in [5.74, 6) is 3.69. The smallest absolute Gasteiger partial charge is 0.227 e. The lowest BCUT2D eigenvalue weighted by atomic mass is 9.92. The van der Waals surface area contributed by atoms with Gasteiger partial charge in [-0.05, 0) is 143 Å². The van der Waals surface area contributed by atoms with Crippen LogP contribution >= 0.6 is 0 Å². The number of aromatic nitrogens is 11. The molecule has 662 valence electrons. The second-order valence-electron chi connectivity index (χ2n) is 34.3. The minimum atomic E-state index is -0.0210. The molecule has 6 aromatic carbocycles. The summed E-state index contributed by atoms with van der Waals surface area (Å²) in [5, 5.41) is 15.9. The summed E-state index contributed by atoms with van der Waals surface area (Å²) in [7, 11) is 0. The van der Waals surface area contributed by atoms with E-state index in [-0.39, 0.29) is 35.8 Å². The maximum absolute atomic E-state index is 12.9. The molecule has 12 heterocycles. The van der Waals surface area contributed by atoms with Gasteiger partial charge in [-0.15, -0.1) is 5.10 Å². The van der Waals surface area contributed by atoms with Crippen molar-refractivity contribution in [3.05, 3.63) is 319 Å². The van der Waals surface area contributed by atoms with Crippen LogP contribution in [0.3, 0.4) is 0 Å². The standard InChI is InChI=1S/C26H28N6O2.C26H27N3O2.C24H25N7O2.C24H25N7O/c1-19-22-9-16-34-25(23(22)7-8-24(19)27-2)18-30-12-14-31(15-13-30)26(33)17-20-3-5-21(6-4-20)32-11-10-28-29-32;1-18-22-8-6-19(14-21(22)17-31-18)15-26(30)29-12-10-28(11-13-29)16-20-7-9-24-23(20)4-3-5-25(24)27-2;1-25-21-4-2-3-20-19(21)7-12-33-22(20)15-29-8-10-30(11-9-29)24(32)13-18-5-6-23(27-14-18)31-17-26-16-28-31;1-25-22-4-2-3-20-19(6-7-21(20)22)15-29-9-11-30(12-10-29)24(32)13-18-5-8-23(27-14-18)31-17-26-16-28-31/h3-8,10-11,25H,9,12-18H2,1H3;3-6,8,14,20H,1,7,9-13,15-17H2;2-6,14,16-17,22H,7-13,15H2;2-5,8,14,16-17,19H,6-7,9-13,15H2. The molecule has 30 heteroatoms. The van der Waals surface area contributed by atoms with E-state index < -0.39 is 0 Å². The highest BCUT2D eigenvalue weighted by molar-refractivity contribution is 5.81. The van der Waals surface area contributed by atoms with E-state index in [0.29, 0.717) is 82.1 Å². The van der Waals surface area contributed by atoms with E-state index in [1.54, 1.807) is 51.5 Å². The molecular weight excluding hydrogens is 1640 g/mol. The molecule has 0 radical (unpaired) electrons. The summed E-state index contributed by atoms with van der Waals surface area (Å²) < 4.78 is 22.5. The number of hydrogen-bond acceptors (Lipinski definition) is 19. The Labute approximate surface area is 757 Å². The van der Waals surface area contributed by atoms with Gasteiger partial charge in [0, 0.05) is 154 Å². The Hall–Kier alpha value is -13.8. The molecule has 130 heavy (non-hydrogen) atoms. The van der Waals surface area contributed by atoms with Gasteiger partial charge < -0.3 is 33.8 Å². The zero-order valence-electron chi connectivity index (χ0n) is 73.3. The van der Waals surface area contributed by atoms with Crippen molar-refractivity contribution in [3.63, 3.8) is 0 Å². The monoisotopic (exact) mass is 1740 g/mol. The van der Waals surface area contributed by atoms with Crippen LogP contribution in [0.4, 0.5) is 22.7 Å². The van der Waals surface area contributed by atoms with E-state index in [2.05, 4.69) is 116 Å². The predicted octanol–water partition coefficient (Wildman–Crippen LogP) is 12.1. The maximum atomic E-state index is 12.9. The highest BCUT2D eigenvalue weighted by Gasteiger charge is 2.35. The number of benzene rings is 6. The van der Waals surface area contributed by atoms with E-state index in [9.17, 15) is 19.2 Å². The number of pyridine rings is 2. The molecule has 7 aliphatic heterocycles. The molecule has 30 nitrogen and oxygen atoms in total. The summed E-state index contributed by atoms with van der Waals surface area (Å²) >= 11 is 0. The molecule has 4 saturated heterocycles. The third kappa shape index (κ3) is 21.0. The average molecular weight is 1740 g/mol. The lowest BCUT2D eigenvalue weighted by Crippen LogP contribution is -2.50. The normalized spacial score (nSPS) is 18.8. The van der Waals surface area contributed by atoms with E-state index in [1.165, 1.54) is 46.0 Å². The molecule has 9 aliphatic rings.